The Labute approximate surface area is 111 Å². The van der Waals surface area contributed by atoms with Gasteiger partial charge < -0.3 is 10.4 Å². The minimum Gasteiger partial charge on any atom is -0.478 e. The number of carboxylic acids is 1. The summed E-state index contributed by atoms with van der Waals surface area (Å²) < 4.78 is 1.67. The summed E-state index contributed by atoms with van der Waals surface area (Å²) in [5.74, 6) is -0.643. The van der Waals surface area contributed by atoms with Crippen LogP contribution in [0.25, 0.3) is 0 Å². The highest BCUT2D eigenvalue weighted by molar-refractivity contribution is 5.95. The van der Waals surface area contributed by atoms with E-state index in [9.17, 15) is 9.90 Å². The van der Waals surface area contributed by atoms with Crippen molar-refractivity contribution in [3.05, 3.63) is 34.8 Å². The van der Waals surface area contributed by atoms with Gasteiger partial charge in [-0.05, 0) is 32.4 Å². The van der Waals surface area contributed by atoms with E-state index in [4.69, 9.17) is 0 Å². The fraction of sp³-hybridized carbons (Fsp3) is 0.308. The molecule has 0 saturated carbocycles. The lowest BCUT2D eigenvalue weighted by molar-refractivity contribution is 0.0697. The lowest BCUT2D eigenvalue weighted by Gasteiger charge is -2.11. The van der Waals surface area contributed by atoms with Crippen LogP contribution in [0.15, 0.2) is 12.3 Å². The largest absolute Gasteiger partial charge is 0.478 e. The summed E-state index contributed by atoms with van der Waals surface area (Å²) in [4.78, 5) is 15.6. The zero-order valence-corrected chi connectivity index (χ0v) is 11.4. The van der Waals surface area contributed by atoms with E-state index in [1.54, 1.807) is 23.9 Å². The van der Waals surface area contributed by atoms with Crippen molar-refractivity contribution in [2.75, 3.05) is 5.32 Å². The van der Waals surface area contributed by atoms with Gasteiger partial charge in [0.05, 0.1) is 11.4 Å². The highest BCUT2D eigenvalue weighted by atomic mass is 16.4. The third kappa shape index (κ3) is 2.57. The molecule has 2 rings (SSSR count). The predicted molar refractivity (Wildman–Crippen MR) is 71.9 cm³/mol. The SMILES string of the molecule is Cc1cc(C)c(C(=O)O)c(Nc2cn(C)nc2C)n1. The smallest absolute Gasteiger partial charge is 0.339 e. The number of carbonyl (C=O) groups is 1. The minimum absolute atomic E-state index is 0.189. The van der Waals surface area contributed by atoms with Gasteiger partial charge >= 0.3 is 5.97 Å². The van der Waals surface area contributed by atoms with E-state index in [0.717, 1.165) is 17.1 Å². The van der Waals surface area contributed by atoms with Gasteiger partial charge in [0.15, 0.2) is 0 Å². The van der Waals surface area contributed by atoms with Gasteiger partial charge in [0.2, 0.25) is 0 Å². The van der Waals surface area contributed by atoms with Gasteiger partial charge in [-0.3, -0.25) is 4.68 Å². The van der Waals surface area contributed by atoms with Crippen molar-refractivity contribution in [2.45, 2.75) is 20.8 Å². The monoisotopic (exact) mass is 260 g/mol. The van der Waals surface area contributed by atoms with Gasteiger partial charge in [-0.25, -0.2) is 9.78 Å². The van der Waals surface area contributed by atoms with Crippen LogP contribution in [-0.2, 0) is 7.05 Å². The molecule has 2 aromatic heterocycles. The quantitative estimate of drug-likeness (QED) is 0.884. The number of nitrogens with zero attached hydrogens (tertiary/aromatic N) is 3. The molecule has 0 amide bonds. The summed E-state index contributed by atoms with van der Waals surface area (Å²) in [5.41, 5.74) is 3.19. The number of anilines is 2. The molecular formula is C13H16N4O2. The number of pyridine rings is 1. The molecule has 0 aliphatic carbocycles. The molecule has 19 heavy (non-hydrogen) atoms. The van der Waals surface area contributed by atoms with Crippen molar-refractivity contribution >= 4 is 17.5 Å². The van der Waals surface area contributed by atoms with Gasteiger partial charge in [0, 0.05) is 18.9 Å². The first-order valence-corrected chi connectivity index (χ1v) is 5.87. The second-order valence-corrected chi connectivity index (χ2v) is 4.54. The average molecular weight is 260 g/mol. The maximum atomic E-state index is 11.3. The lowest BCUT2D eigenvalue weighted by atomic mass is 10.1. The van der Waals surface area contributed by atoms with Crippen LogP contribution in [0, 0.1) is 20.8 Å². The minimum atomic E-state index is -0.992. The Hall–Kier alpha value is -2.37. The van der Waals surface area contributed by atoms with Crippen LogP contribution in [0.4, 0.5) is 11.5 Å². The number of hydrogen-bond donors (Lipinski definition) is 2. The molecule has 2 N–H and O–H groups in total. The zero-order valence-electron chi connectivity index (χ0n) is 11.4. The van der Waals surface area contributed by atoms with E-state index < -0.39 is 5.97 Å². The second kappa shape index (κ2) is 4.72. The van der Waals surface area contributed by atoms with Crippen LogP contribution < -0.4 is 5.32 Å². The van der Waals surface area contributed by atoms with Crippen LogP contribution in [-0.4, -0.2) is 25.8 Å². The van der Waals surface area contributed by atoms with Crippen molar-refractivity contribution in [3.63, 3.8) is 0 Å². The predicted octanol–water partition coefficient (Wildman–Crippen LogP) is 2.18. The van der Waals surface area contributed by atoms with Crippen molar-refractivity contribution in [2.24, 2.45) is 7.05 Å². The Morgan fingerprint density at radius 3 is 2.58 bits per heavy atom. The molecule has 0 aliphatic heterocycles. The number of carboxylic acid groups (broad SMARTS) is 1. The number of aromatic nitrogens is 3. The van der Waals surface area contributed by atoms with Crippen molar-refractivity contribution < 1.29 is 9.90 Å². The molecule has 0 saturated heterocycles. The van der Waals surface area contributed by atoms with E-state index >= 15 is 0 Å². The Bertz CT molecular complexity index is 646. The molecule has 0 aliphatic rings. The molecule has 0 atom stereocenters. The number of aromatic carboxylic acids is 1. The number of hydrogen-bond acceptors (Lipinski definition) is 4. The average Bonchev–Trinajstić information content (AvgIpc) is 2.55. The third-order valence-electron chi connectivity index (χ3n) is 2.83. The first-order valence-electron chi connectivity index (χ1n) is 5.87. The first kappa shape index (κ1) is 13.1. The lowest BCUT2D eigenvalue weighted by Crippen LogP contribution is -2.08. The maximum absolute atomic E-state index is 11.3. The standard InChI is InChI=1S/C13H16N4O2/c1-7-5-8(2)14-12(11(7)13(18)19)15-10-6-17(4)16-9(10)3/h5-6H,1-4H3,(H,14,15)(H,18,19). The summed E-state index contributed by atoms with van der Waals surface area (Å²) >= 11 is 0. The Balaban J connectivity index is 2.50. The van der Waals surface area contributed by atoms with Crippen LogP contribution in [0.3, 0.4) is 0 Å². The summed E-state index contributed by atoms with van der Waals surface area (Å²) in [5, 5.41) is 16.5. The van der Waals surface area contributed by atoms with E-state index in [0.29, 0.717) is 11.4 Å². The van der Waals surface area contributed by atoms with Gasteiger partial charge in [0.1, 0.15) is 11.4 Å². The molecule has 0 spiro atoms. The zero-order chi connectivity index (χ0) is 14.2. The topological polar surface area (TPSA) is 80.0 Å². The molecule has 0 aromatic carbocycles. The van der Waals surface area contributed by atoms with E-state index in [1.807, 2.05) is 20.9 Å². The van der Waals surface area contributed by atoms with Gasteiger partial charge in [-0.15, -0.1) is 0 Å². The van der Waals surface area contributed by atoms with Gasteiger partial charge in [-0.2, -0.15) is 5.10 Å². The number of aryl methyl sites for hydroxylation is 4. The van der Waals surface area contributed by atoms with E-state index in [2.05, 4.69) is 15.4 Å². The summed E-state index contributed by atoms with van der Waals surface area (Å²) in [6.07, 6.45) is 1.79. The highest BCUT2D eigenvalue weighted by Gasteiger charge is 2.17. The van der Waals surface area contributed by atoms with Crippen molar-refractivity contribution in [1.29, 1.82) is 0 Å². The normalized spacial score (nSPS) is 10.5. The van der Waals surface area contributed by atoms with Crippen LogP contribution in [0.5, 0.6) is 0 Å². The molecule has 100 valence electrons. The van der Waals surface area contributed by atoms with E-state index in [-0.39, 0.29) is 5.56 Å². The molecule has 2 heterocycles. The second-order valence-electron chi connectivity index (χ2n) is 4.54. The Kier molecular flexibility index (Phi) is 3.25. The fourth-order valence-electron chi connectivity index (χ4n) is 2.05. The van der Waals surface area contributed by atoms with Crippen molar-refractivity contribution in [1.82, 2.24) is 14.8 Å². The first-order chi connectivity index (χ1) is 8.88. The third-order valence-corrected chi connectivity index (χ3v) is 2.83. The molecule has 0 fully saturated rings. The fourth-order valence-corrected chi connectivity index (χ4v) is 2.05. The summed E-state index contributed by atoms with van der Waals surface area (Å²) in [6, 6.07) is 1.75. The van der Waals surface area contributed by atoms with Crippen molar-refractivity contribution in [3.8, 4) is 0 Å². The molecule has 2 aromatic rings. The summed E-state index contributed by atoms with van der Waals surface area (Å²) in [6.45, 7) is 5.45. The molecular weight excluding hydrogens is 244 g/mol. The molecule has 6 heteroatoms. The summed E-state index contributed by atoms with van der Waals surface area (Å²) in [7, 11) is 1.81. The Morgan fingerprint density at radius 2 is 2.05 bits per heavy atom. The maximum Gasteiger partial charge on any atom is 0.339 e. The molecule has 0 unspecified atom stereocenters. The highest BCUT2D eigenvalue weighted by Crippen LogP contribution is 2.24. The van der Waals surface area contributed by atoms with Crippen LogP contribution in [0.2, 0.25) is 0 Å². The van der Waals surface area contributed by atoms with Gasteiger partial charge in [-0.1, -0.05) is 0 Å². The molecule has 6 nitrogen and oxygen atoms in total. The van der Waals surface area contributed by atoms with E-state index in [1.165, 1.54) is 0 Å². The number of nitrogens with one attached hydrogen (secondary N) is 1. The molecule has 0 radical (unpaired) electrons. The molecule has 0 bridgehead atoms. The van der Waals surface area contributed by atoms with Crippen LogP contribution in [0.1, 0.15) is 27.3 Å². The van der Waals surface area contributed by atoms with Gasteiger partial charge in [0.25, 0.3) is 0 Å². The van der Waals surface area contributed by atoms with Crippen LogP contribution >= 0.6 is 0 Å². The Morgan fingerprint density at radius 1 is 1.37 bits per heavy atom. The number of rotatable bonds is 3.